The number of methoxy groups -OCH3 is 1. The van der Waals surface area contributed by atoms with E-state index in [1.165, 1.54) is 5.57 Å². The number of hydrogen-bond donors (Lipinski definition) is 2. The van der Waals surface area contributed by atoms with Crippen molar-refractivity contribution in [3.05, 3.63) is 23.3 Å². The number of aliphatic hydroxyl groups is 2. The topological polar surface area (TPSA) is 49.7 Å². The van der Waals surface area contributed by atoms with Crippen molar-refractivity contribution >= 4 is 0 Å². The van der Waals surface area contributed by atoms with Crippen molar-refractivity contribution in [2.75, 3.05) is 20.3 Å². The molecule has 86 valence electrons. The Morgan fingerprint density at radius 1 is 1.60 bits per heavy atom. The SMILES string of the molecule is COCC1=CC(C[C@H](O)CO)=CCC1C. The van der Waals surface area contributed by atoms with Crippen molar-refractivity contribution < 1.29 is 14.9 Å². The Balaban J connectivity index is 2.60. The Labute approximate surface area is 91.1 Å². The fourth-order valence-corrected chi connectivity index (χ4v) is 1.75. The van der Waals surface area contributed by atoms with Gasteiger partial charge in [-0.15, -0.1) is 0 Å². The molecule has 0 amide bonds. The summed E-state index contributed by atoms with van der Waals surface area (Å²) in [6.45, 7) is 2.63. The number of aliphatic hydroxyl groups excluding tert-OH is 2. The molecule has 0 saturated heterocycles. The van der Waals surface area contributed by atoms with Crippen molar-refractivity contribution in [1.82, 2.24) is 0 Å². The smallest absolute Gasteiger partial charge is 0.0811 e. The number of hydrogen-bond acceptors (Lipinski definition) is 3. The van der Waals surface area contributed by atoms with Crippen molar-refractivity contribution in [3.63, 3.8) is 0 Å². The lowest BCUT2D eigenvalue weighted by Gasteiger charge is -2.20. The van der Waals surface area contributed by atoms with Crippen LogP contribution in [0.3, 0.4) is 0 Å². The minimum Gasteiger partial charge on any atom is -0.394 e. The van der Waals surface area contributed by atoms with E-state index in [2.05, 4.69) is 19.1 Å². The van der Waals surface area contributed by atoms with Gasteiger partial charge in [0.05, 0.1) is 19.3 Å². The van der Waals surface area contributed by atoms with Crippen LogP contribution in [0.1, 0.15) is 19.8 Å². The van der Waals surface area contributed by atoms with Crippen LogP contribution >= 0.6 is 0 Å². The van der Waals surface area contributed by atoms with Crippen LogP contribution in [0.4, 0.5) is 0 Å². The average Bonchev–Trinajstić information content (AvgIpc) is 2.23. The molecule has 15 heavy (non-hydrogen) atoms. The van der Waals surface area contributed by atoms with E-state index >= 15 is 0 Å². The summed E-state index contributed by atoms with van der Waals surface area (Å²) in [4.78, 5) is 0. The van der Waals surface area contributed by atoms with Gasteiger partial charge in [0.15, 0.2) is 0 Å². The van der Waals surface area contributed by atoms with Gasteiger partial charge in [-0.2, -0.15) is 0 Å². The van der Waals surface area contributed by atoms with Crippen molar-refractivity contribution in [1.29, 1.82) is 0 Å². The summed E-state index contributed by atoms with van der Waals surface area (Å²) < 4.78 is 5.12. The van der Waals surface area contributed by atoms with E-state index in [0.717, 1.165) is 12.0 Å². The third-order valence-electron chi connectivity index (χ3n) is 2.73. The molecule has 0 aromatic rings. The van der Waals surface area contributed by atoms with E-state index in [9.17, 15) is 5.11 Å². The molecule has 3 nitrogen and oxygen atoms in total. The summed E-state index contributed by atoms with van der Waals surface area (Å²) in [5.74, 6) is 0.514. The van der Waals surface area contributed by atoms with Gasteiger partial charge in [-0.05, 0) is 23.5 Å². The number of ether oxygens (including phenoxy) is 1. The summed E-state index contributed by atoms with van der Waals surface area (Å²) in [6.07, 6.45) is 5.07. The highest BCUT2D eigenvalue weighted by atomic mass is 16.5. The van der Waals surface area contributed by atoms with E-state index < -0.39 is 6.10 Å². The highest BCUT2D eigenvalue weighted by molar-refractivity contribution is 5.30. The van der Waals surface area contributed by atoms with Crippen LogP contribution < -0.4 is 0 Å². The Bertz CT molecular complexity index is 256. The summed E-state index contributed by atoms with van der Waals surface area (Å²) in [5.41, 5.74) is 2.36. The molecule has 1 rings (SSSR count). The second kappa shape index (κ2) is 6.05. The second-order valence-corrected chi connectivity index (χ2v) is 4.11. The lowest BCUT2D eigenvalue weighted by atomic mass is 9.88. The molecule has 0 fully saturated rings. The maximum Gasteiger partial charge on any atom is 0.0811 e. The molecule has 0 radical (unpaired) electrons. The van der Waals surface area contributed by atoms with Gasteiger partial charge >= 0.3 is 0 Å². The minimum atomic E-state index is -0.648. The van der Waals surface area contributed by atoms with Crippen LogP contribution in [0.5, 0.6) is 0 Å². The van der Waals surface area contributed by atoms with Gasteiger partial charge in [-0.25, -0.2) is 0 Å². The molecule has 0 saturated carbocycles. The summed E-state index contributed by atoms with van der Waals surface area (Å²) in [7, 11) is 1.69. The molecule has 0 aromatic heterocycles. The molecule has 1 aliphatic rings. The fourth-order valence-electron chi connectivity index (χ4n) is 1.75. The molecule has 2 N–H and O–H groups in total. The minimum absolute atomic E-state index is 0.180. The molecular formula is C12H20O3. The van der Waals surface area contributed by atoms with Crippen LogP contribution in [0.2, 0.25) is 0 Å². The van der Waals surface area contributed by atoms with Crippen LogP contribution in [-0.2, 0) is 4.74 Å². The number of rotatable bonds is 5. The molecule has 0 aliphatic heterocycles. The van der Waals surface area contributed by atoms with E-state index in [-0.39, 0.29) is 6.61 Å². The Morgan fingerprint density at radius 2 is 2.33 bits per heavy atom. The zero-order valence-electron chi connectivity index (χ0n) is 9.44. The van der Waals surface area contributed by atoms with Crippen LogP contribution in [0.25, 0.3) is 0 Å². The summed E-state index contributed by atoms with van der Waals surface area (Å²) in [6, 6.07) is 0. The second-order valence-electron chi connectivity index (χ2n) is 4.11. The maximum absolute atomic E-state index is 9.34. The maximum atomic E-state index is 9.34. The zero-order chi connectivity index (χ0) is 11.3. The average molecular weight is 212 g/mol. The van der Waals surface area contributed by atoms with Crippen molar-refractivity contribution in [2.45, 2.75) is 25.9 Å². The first kappa shape index (κ1) is 12.4. The Hall–Kier alpha value is -0.640. The van der Waals surface area contributed by atoms with Crippen LogP contribution in [0.15, 0.2) is 23.3 Å². The Kier molecular flexibility index (Phi) is 5.02. The standard InChI is InChI=1S/C12H20O3/c1-9-3-4-10(6-12(14)7-13)5-11(9)8-15-2/h4-5,9,12-14H,3,6-8H2,1-2H3/t9?,12-/m0/s1. The molecule has 1 aliphatic carbocycles. The first-order chi connectivity index (χ1) is 7.17. The number of allylic oxidation sites excluding steroid dienone is 2. The molecule has 1 unspecified atom stereocenters. The largest absolute Gasteiger partial charge is 0.394 e. The molecule has 0 heterocycles. The van der Waals surface area contributed by atoms with E-state index in [0.29, 0.717) is 18.9 Å². The van der Waals surface area contributed by atoms with Gasteiger partial charge < -0.3 is 14.9 Å². The van der Waals surface area contributed by atoms with Crippen molar-refractivity contribution in [3.8, 4) is 0 Å². The van der Waals surface area contributed by atoms with Gasteiger partial charge in [0.2, 0.25) is 0 Å². The first-order valence-corrected chi connectivity index (χ1v) is 5.34. The molecule has 0 aromatic carbocycles. The third kappa shape index (κ3) is 3.78. The monoisotopic (exact) mass is 212 g/mol. The summed E-state index contributed by atoms with van der Waals surface area (Å²) in [5, 5.41) is 18.1. The van der Waals surface area contributed by atoms with Gasteiger partial charge in [0, 0.05) is 13.5 Å². The van der Waals surface area contributed by atoms with Gasteiger partial charge in [0.1, 0.15) is 0 Å². The van der Waals surface area contributed by atoms with Crippen LogP contribution in [-0.4, -0.2) is 36.6 Å². The van der Waals surface area contributed by atoms with E-state index in [1.807, 2.05) is 0 Å². The van der Waals surface area contributed by atoms with Gasteiger partial charge in [-0.3, -0.25) is 0 Å². The Morgan fingerprint density at radius 3 is 2.93 bits per heavy atom. The van der Waals surface area contributed by atoms with Gasteiger partial charge in [0.25, 0.3) is 0 Å². The van der Waals surface area contributed by atoms with Gasteiger partial charge in [-0.1, -0.05) is 19.1 Å². The molecule has 3 heteroatoms. The fraction of sp³-hybridized carbons (Fsp3) is 0.667. The molecule has 2 atom stereocenters. The molecular weight excluding hydrogens is 192 g/mol. The molecule has 0 bridgehead atoms. The quantitative estimate of drug-likeness (QED) is 0.721. The summed E-state index contributed by atoms with van der Waals surface area (Å²) >= 11 is 0. The lowest BCUT2D eigenvalue weighted by molar-refractivity contribution is 0.0958. The lowest BCUT2D eigenvalue weighted by Crippen LogP contribution is -2.15. The predicted molar refractivity (Wildman–Crippen MR) is 59.5 cm³/mol. The van der Waals surface area contributed by atoms with E-state index in [4.69, 9.17) is 9.84 Å². The third-order valence-corrected chi connectivity index (χ3v) is 2.73. The molecule has 0 spiro atoms. The van der Waals surface area contributed by atoms with Crippen LogP contribution in [0, 0.1) is 5.92 Å². The van der Waals surface area contributed by atoms with Crippen molar-refractivity contribution in [2.24, 2.45) is 5.92 Å². The normalized spacial score (nSPS) is 23.3. The highest BCUT2D eigenvalue weighted by Gasteiger charge is 2.14. The predicted octanol–water partition coefficient (Wildman–Crippen LogP) is 1.27. The first-order valence-electron chi connectivity index (χ1n) is 5.34. The van der Waals surface area contributed by atoms with E-state index in [1.54, 1.807) is 7.11 Å². The highest BCUT2D eigenvalue weighted by Crippen LogP contribution is 2.25. The zero-order valence-corrected chi connectivity index (χ0v) is 9.44.